The zero-order valence-corrected chi connectivity index (χ0v) is 14.7. The Morgan fingerprint density at radius 1 is 1.16 bits per heavy atom. The number of amides is 2. The van der Waals surface area contributed by atoms with E-state index in [0.29, 0.717) is 30.2 Å². The van der Waals surface area contributed by atoms with Gasteiger partial charge >= 0.3 is 0 Å². The van der Waals surface area contributed by atoms with Crippen LogP contribution in [0, 0.1) is 5.92 Å². The molecular weight excluding hydrogens is 322 g/mol. The maximum absolute atomic E-state index is 12.6. The fourth-order valence-corrected chi connectivity index (χ4v) is 2.98. The summed E-state index contributed by atoms with van der Waals surface area (Å²) in [5.74, 6) is 1.73. The minimum Gasteiger partial charge on any atom is -0.497 e. The van der Waals surface area contributed by atoms with E-state index in [-0.39, 0.29) is 18.4 Å². The Labute approximate surface area is 147 Å². The fraction of sp³-hybridized carbons (Fsp3) is 0.556. The first kappa shape index (κ1) is 17.5. The van der Waals surface area contributed by atoms with E-state index in [1.54, 1.807) is 37.3 Å². The number of hydrogen-bond donors (Lipinski definition) is 2. The van der Waals surface area contributed by atoms with Gasteiger partial charge in [0, 0.05) is 24.7 Å². The van der Waals surface area contributed by atoms with Gasteiger partial charge in [0.05, 0.1) is 26.5 Å². The van der Waals surface area contributed by atoms with Crippen LogP contribution in [-0.4, -0.2) is 51.7 Å². The lowest BCUT2D eigenvalue weighted by molar-refractivity contribution is -0.125. The van der Waals surface area contributed by atoms with Crippen molar-refractivity contribution in [3.8, 4) is 11.5 Å². The molecule has 0 aromatic heterocycles. The van der Waals surface area contributed by atoms with Gasteiger partial charge in [-0.05, 0) is 31.7 Å². The average Bonchev–Trinajstić information content (AvgIpc) is 3.38. The van der Waals surface area contributed by atoms with E-state index in [9.17, 15) is 9.59 Å². The minimum absolute atomic E-state index is 0.106. The molecule has 7 nitrogen and oxygen atoms in total. The molecule has 3 rings (SSSR count). The van der Waals surface area contributed by atoms with Gasteiger partial charge in [0.25, 0.3) is 0 Å². The topological polar surface area (TPSA) is 79.9 Å². The summed E-state index contributed by atoms with van der Waals surface area (Å²) in [6.45, 7) is 1.69. The number of carbonyl (C=O) groups is 2. The Morgan fingerprint density at radius 3 is 2.44 bits per heavy atom. The van der Waals surface area contributed by atoms with E-state index in [2.05, 4.69) is 10.6 Å². The number of nitrogens with zero attached hydrogens (tertiary/aromatic N) is 1. The third kappa shape index (κ3) is 4.42. The summed E-state index contributed by atoms with van der Waals surface area (Å²) < 4.78 is 10.5. The van der Waals surface area contributed by atoms with Crippen molar-refractivity contribution in [2.75, 3.05) is 38.8 Å². The lowest BCUT2D eigenvalue weighted by Crippen LogP contribution is -2.45. The van der Waals surface area contributed by atoms with E-state index in [0.717, 1.165) is 12.5 Å². The first-order chi connectivity index (χ1) is 12.1. The molecule has 136 valence electrons. The predicted octanol–water partition coefficient (Wildman–Crippen LogP) is 0.925. The highest BCUT2D eigenvalue weighted by Crippen LogP contribution is 2.31. The van der Waals surface area contributed by atoms with Crippen molar-refractivity contribution in [3.05, 3.63) is 18.2 Å². The zero-order valence-electron chi connectivity index (χ0n) is 14.7. The van der Waals surface area contributed by atoms with Gasteiger partial charge < -0.3 is 25.0 Å². The maximum Gasteiger partial charge on any atom is 0.249 e. The van der Waals surface area contributed by atoms with Crippen LogP contribution in [0.3, 0.4) is 0 Å². The number of methoxy groups -OCH3 is 2. The minimum atomic E-state index is -0.479. The van der Waals surface area contributed by atoms with Gasteiger partial charge in [-0.3, -0.25) is 9.59 Å². The summed E-state index contributed by atoms with van der Waals surface area (Å²) in [4.78, 5) is 26.3. The predicted molar refractivity (Wildman–Crippen MR) is 94.0 cm³/mol. The molecule has 25 heavy (non-hydrogen) atoms. The molecule has 1 aromatic rings. The van der Waals surface area contributed by atoms with Crippen LogP contribution in [-0.2, 0) is 9.59 Å². The maximum atomic E-state index is 12.6. The second-order valence-electron chi connectivity index (χ2n) is 6.54. The van der Waals surface area contributed by atoms with Gasteiger partial charge in [0.1, 0.15) is 17.5 Å². The number of anilines is 1. The SMILES string of the molecule is COc1cc(OC)cc(N2CCC(NC(=O)CNCC3CC3)C2=O)c1. The molecule has 7 heteroatoms. The first-order valence-electron chi connectivity index (χ1n) is 8.65. The summed E-state index contributed by atoms with van der Waals surface area (Å²) in [7, 11) is 3.14. The molecule has 1 saturated heterocycles. The molecule has 1 heterocycles. The number of carbonyl (C=O) groups excluding carboxylic acids is 2. The highest BCUT2D eigenvalue weighted by Gasteiger charge is 2.34. The molecule has 0 bridgehead atoms. The largest absolute Gasteiger partial charge is 0.497 e. The summed E-state index contributed by atoms with van der Waals surface area (Å²) in [6, 6.07) is 4.87. The van der Waals surface area contributed by atoms with Crippen molar-refractivity contribution in [1.29, 1.82) is 0 Å². The Bertz CT molecular complexity index is 623. The third-order valence-electron chi connectivity index (χ3n) is 4.60. The van der Waals surface area contributed by atoms with Gasteiger partial charge in [-0.15, -0.1) is 0 Å². The molecular formula is C18H25N3O4. The monoisotopic (exact) mass is 347 g/mol. The van der Waals surface area contributed by atoms with E-state index < -0.39 is 6.04 Å². The Kier molecular flexibility index (Phi) is 5.43. The van der Waals surface area contributed by atoms with Gasteiger partial charge in [-0.2, -0.15) is 0 Å². The number of hydrogen-bond acceptors (Lipinski definition) is 5. The van der Waals surface area contributed by atoms with E-state index >= 15 is 0 Å². The third-order valence-corrected chi connectivity index (χ3v) is 4.60. The second kappa shape index (κ2) is 7.74. The molecule has 0 spiro atoms. The van der Waals surface area contributed by atoms with Crippen LogP contribution in [0.4, 0.5) is 5.69 Å². The molecule has 1 aliphatic heterocycles. The van der Waals surface area contributed by atoms with Gasteiger partial charge in [0.15, 0.2) is 0 Å². The van der Waals surface area contributed by atoms with E-state index in [1.165, 1.54) is 12.8 Å². The number of rotatable bonds is 8. The molecule has 1 atom stereocenters. The highest BCUT2D eigenvalue weighted by atomic mass is 16.5. The van der Waals surface area contributed by atoms with Gasteiger partial charge in [-0.1, -0.05) is 0 Å². The molecule has 0 radical (unpaired) electrons. The van der Waals surface area contributed by atoms with Crippen molar-refractivity contribution in [2.24, 2.45) is 5.92 Å². The Hall–Kier alpha value is -2.28. The molecule has 2 N–H and O–H groups in total. The standard InChI is InChI=1S/C18H25N3O4/c1-24-14-7-13(8-15(9-14)25-2)21-6-5-16(18(21)23)20-17(22)11-19-10-12-3-4-12/h7-9,12,16,19H,3-6,10-11H2,1-2H3,(H,20,22). The van der Waals surface area contributed by atoms with Crippen LogP contribution in [0.1, 0.15) is 19.3 Å². The molecule has 1 aliphatic carbocycles. The summed E-state index contributed by atoms with van der Waals surface area (Å²) >= 11 is 0. The Balaban J connectivity index is 1.58. The lowest BCUT2D eigenvalue weighted by Gasteiger charge is -2.19. The van der Waals surface area contributed by atoms with Crippen LogP contribution in [0.5, 0.6) is 11.5 Å². The van der Waals surface area contributed by atoms with Crippen molar-refractivity contribution >= 4 is 17.5 Å². The van der Waals surface area contributed by atoms with Crippen molar-refractivity contribution in [2.45, 2.75) is 25.3 Å². The van der Waals surface area contributed by atoms with Crippen LogP contribution in [0.25, 0.3) is 0 Å². The summed E-state index contributed by atoms with van der Waals surface area (Å²) in [5, 5.41) is 5.96. The molecule has 2 fully saturated rings. The quantitative estimate of drug-likeness (QED) is 0.731. The van der Waals surface area contributed by atoms with Gasteiger partial charge in [0.2, 0.25) is 11.8 Å². The van der Waals surface area contributed by atoms with E-state index in [4.69, 9.17) is 9.47 Å². The van der Waals surface area contributed by atoms with Crippen LogP contribution in [0.15, 0.2) is 18.2 Å². The zero-order chi connectivity index (χ0) is 17.8. The molecule has 2 aliphatic rings. The molecule has 2 amide bonds. The van der Waals surface area contributed by atoms with Crippen LogP contribution < -0.4 is 25.0 Å². The van der Waals surface area contributed by atoms with Crippen molar-refractivity contribution in [3.63, 3.8) is 0 Å². The first-order valence-corrected chi connectivity index (χ1v) is 8.65. The average molecular weight is 347 g/mol. The number of ether oxygens (including phenoxy) is 2. The molecule has 1 saturated carbocycles. The van der Waals surface area contributed by atoms with Gasteiger partial charge in [-0.25, -0.2) is 0 Å². The van der Waals surface area contributed by atoms with Crippen molar-refractivity contribution < 1.29 is 19.1 Å². The van der Waals surface area contributed by atoms with Crippen LogP contribution in [0.2, 0.25) is 0 Å². The fourth-order valence-electron chi connectivity index (χ4n) is 2.98. The van der Waals surface area contributed by atoms with E-state index in [1.807, 2.05) is 0 Å². The Morgan fingerprint density at radius 2 is 1.84 bits per heavy atom. The summed E-state index contributed by atoms with van der Waals surface area (Å²) in [6.07, 6.45) is 3.08. The normalized spacial score (nSPS) is 19.8. The molecule has 1 unspecified atom stereocenters. The molecule has 1 aromatic carbocycles. The number of benzene rings is 1. The highest BCUT2D eigenvalue weighted by molar-refractivity contribution is 6.01. The van der Waals surface area contributed by atoms with Crippen molar-refractivity contribution in [1.82, 2.24) is 10.6 Å². The lowest BCUT2D eigenvalue weighted by atomic mass is 10.2. The second-order valence-corrected chi connectivity index (χ2v) is 6.54. The number of nitrogens with one attached hydrogen (secondary N) is 2. The summed E-state index contributed by atoms with van der Waals surface area (Å²) in [5.41, 5.74) is 0.713. The smallest absolute Gasteiger partial charge is 0.249 e. The van der Waals surface area contributed by atoms with Crippen LogP contribution >= 0.6 is 0 Å².